The lowest BCUT2D eigenvalue weighted by molar-refractivity contribution is -0.0291. The maximum atomic E-state index is 10.4. The van der Waals surface area contributed by atoms with Crippen molar-refractivity contribution < 1.29 is 20.1 Å². The molecule has 0 saturated carbocycles. The zero-order valence-corrected chi connectivity index (χ0v) is 17.8. The molecular weight excluding hydrogens is 340 g/mol. The Morgan fingerprint density at radius 3 is 2.04 bits per heavy atom. The summed E-state index contributed by atoms with van der Waals surface area (Å²) in [5.74, 6) is -0.572. The van der Waals surface area contributed by atoms with Crippen LogP contribution >= 0.6 is 0 Å². The molecule has 0 fully saturated rings. The quantitative estimate of drug-likeness (QED) is 0.482. The van der Waals surface area contributed by atoms with Crippen molar-refractivity contribution in [1.29, 1.82) is 0 Å². The van der Waals surface area contributed by atoms with Crippen LogP contribution in [-0.2, 0) is 4.74 Å². The van der Waals surface area contributed by atoms with E-state index in [1.54, 1.807) is 0 Å². The molecule has 3 N–H and O–H groups in total. The average molecular weight is 379 g/mol. The van der Waals surface area contributed by atoms with Gasteiger partial charge in [0, 0.05) is 5.92 Å². The van der Waals surface area contributed by atoms with Crippen LogP contribution in [0, 0.1) is 11.8 Å². The van der Waals surface area contributed by atoms with Crippen molar-refractivity contribution in [2.45, 2.75) is 78.9 Å². The van der Waals surface area contributed by atoms with Gasteiger partial charge in [-0.3, -0.25) is 0 Å². The fourth-order valence-electron chi connectivity index (χ4n) is 3.51. The standard InChI is InChI=1S/C23H38O4/c1-15(2)9-7-10-16(3)11-8-12-17(4)13-14-19-18(5)20(24)23(27-6)22(26)21(19)25/h9,11,13,18-21,24-26H,7-8,10,12,14H2,1-6H3/b16-11+,17-13+. The van der Waals surface area contributed by atoms with E-state index in [9.17, 15) is 15.3 Å². The molecule has 0 aromatic heterocycles. The topological polar surface area (TPSA) is 69.9 Å². The maximum Gasteiger partial charge on any atom is 0.164 e. The van der Waals surface area contributed by atoms with Crippen LogP contribution in [0.3, 0.4) is 0 Å². The molecule has 4 heteroatoms. The first-order valence-corrected chi connectivity index (χ1v) is 9.96. The third kappa shape index (κ3) is 7.19. The molecule has 1 aliphatic rings. The summed E-state index contributed by atoms with van der Waals surface area (Å²) in [6, 6.07) is 0. The molecule has 0 bridgehead atoms. The van der Waals surface area contributed by atoms with E-state index in [1.807, 2.05) is 6.92 Å². The normalized spacial score (nSPS) is 27.0. The third-order valence-corrected chi connectivity index (χ3v) is 5.46. The Hall–Kier alpha value is -1.52. The fourth-order valence-corrected chi connectivity index (χ4v) is 3.51. The minimum absolute atomic E-state index is 0.0840. The predicted molar refractivity (Wildman–Crippen MR) is 111 cm³/mol. The third-order valence-electron chi connectivity index (χ3n) is 5.46. The minimum atomic E-state index is -1.00. The molecule has 0 aromatic carbocycles. The summed E-state index contributed by atoms with van der Waals surface area (Å²) in [5, 5.41) is 30.7. The highest BCUT2D eigenvalue weighted by Gasteiger charge is 2.41. The van der Waals surface area contributed by atoms with Gasteiger partial charge in [0.25, 0.3) is 0 Å². The zero-order chi connectivity index (χ0) is 20.6. The van der Waals surface area contributed by atoms with E-state index in [0.717, 1.165) is 25.7 Å². The second kappa shape index (κ2) is 11.4. The van der Waals surface area contributed by atoms with Crippen LogP contribution in [0.2, 0.25) is 0 Å². The van der Waals surface area contributed by atoms with Crippen LogP contribution in [0.15, 0.2) is 46.5 Å². The van der Waals surface area contributed by atoms with Crippen molar-refractivity contribution in [1.82, 2.24) is 0 Å². The minimum Gasteiger partial charge on any atom is -0.506 e. The molecule has 1 rings (SSSR count). The number of aliphatic hydroxyl groups excluding tert-OH is 3. The summed E-state index contributed by atoms with van der Waals surface area (Å²) >= 11 is 0. The molecule has 154 valence electrons. The van der Waals surface area contributed by atoms with Crippen LogP contribution in [-0.4, -0.2) is 34.6 Å². The molecule has 0 amide bonds. The molecule has 1 aliphatic carbocycles. The van der Waals surface area contributed by atoms with E-state index in [1.165, 1.54) is 23.8 Å². The lowest BCUT2D eigenvalue weighted by Crippen LogP contribution is -2.42. The summed E-state index contributed by atoms with van der Waals surface area (Å²) in [7, 11) is 1.40. The number of allylic oxidation sites excluding steroid dienone is 6. The van der Waals surface area contributed by atoms with E-state index in [0.29, 0.717) is 6.42 Å². The SMILES string of the molecule is COC1=C(O)C(O)C(C/C=C(\C)CC/C=C(\C)CCC=C(C)C)C(C)C1O. The molecular formula is C23H38O4. The van der Waals surface area contributed by atoms with E-state index >= 15 is 0 Å². The molecule has 4 nitrogen and oxygen atoms in total. The van der Waals surface area contributed by atoms with Gasteiger partial charge >= 0.3 is 0 Å². The second-order valence-electron chi connectivity index (χ2n) is 8.06. The molecule has 0 radical (unpaired) electrons. The first-order chi connectivity index (χ1) is 12.7. The van der Waals surface area contributed by atoms with Crippen LogP contribution < -0.4 is 0 Å². The Bertz CT molecular complexity index is 593. The van der Waals surface area contributed by atoms with Crippen LogP contribution in [0.5, 0.6) is 0 Å². The zero-order valence-electron chi connectivity index (χ0n) is 17.8. The number of rotatable bonds is 9. The van der Waals surface area contributed by atoms with Crippen molar-refractivity contribution in [3.05, 3.63) is 46.5 Å². The van der Waals surface area contributed by atoms with E-state index in [4.69, 9.17) is 4.74 Å². The van der Waals surface area contributed by atoms with E-state index in [2.05, 4.69) is 45.9 Å². The summed E-state index contributed by atoms with van der Waals surface area (Å²) < 4.78 is 5.04. The van der Waals surface area contributed by atoms with Gasteiger partial charge in [-0.2, -0.15) is 0 Å². The lowest BCUT2D eigenvalue weighted by Gasteiger charge is -2.36. The van der Waals surface area contributed by atoms with Crippen molar-refractivity contribution in [2.24, 2.45) is 11.8 Å². The molecule has 0 heterocycles. The molecule has 4 unspecified atom stereocenters. The van der Waals surface area contributed by atoms with Crippen molar-refractivity contribution in [3.63, 3.8) is 0 Å². The Kier molecular flexibility index (Phi) is 9.89. The number of ether oxygens (including phenoxy) is 1. The molecule has 4 atom stereocenters. The van der Waals surface area contributed by atoms with Crippen LogP contribution in [0.25, 0.3) is 0 Å². The van der Waals surface area contributed by atoms with E-state index in [-0.39, 0.29) is 23.4 Å². The average Bonchev–Trinajstić information content (AvgIpc) is 2.60. The number of methoxy groups -OCH3 is 1. The highest BCUT2D eigenvalue weighted by molar-refractivity contribution is 5.18. The first kappa shape index (κ1) is 23.5. The summed E-state index contributed by atoms with van der Waals surface area (Å²) in [5.41, 5.74) is 4.05. The Morgan fingerprint density at radius 2 is 1.48 bits per heavy atom. The number of hydrogen-bond donors (Lipinski definition) is 3. The van der Waals surface area contributed by atoms with Gasteiger partial charge in [0.2, 0.25) is 0 Å². The van der Waals surface area contributed by atoms with Gasteiger partial charge in [0.1, 0.15) is 12.2 Å². The van der Waals surface area contributed by atoms with Crippen molar-refractivity contribution >= 4 is 0 Å². The van der Waals surface area contributed by atoms with Gasteiger partial charge in [-0.25, -0.2) is 0 Å². The van der Waals surface area contributed by atoms with Gasteiger partial charge in [-0.1, -0.05) is 41.9 Å². The molecule has 0 saturated heterocycles. The number of aliphatic hydroxyl groups is 3. The summed E-state index contributed by atoms with van der Waals surface area (Å²) in [6.45, 7) is 10.4. The van der Waals surface area contributed by atoms with Gasteiger partial charge in [-0.15, -0.1) is 0 Å². The summed E-state index contributed by atoms with van der Waals surface area (Å²) in [6.07, 6.45) is 9.61. The monoisotopic (exact) mass is 378 g/mol. The van der Waals surface area contributed by atoms with Crippen molar-refractivity contribution in [3.8, 4) is 0 Å². The maximum absolute atomic E-state index is 10.4. The molecule has 0 spiro atoms. The number of hydrogen-bond acceptors (Lipinski definition) is 4. The predicted octanol–water partition coefficient (Wildman–Crippen LogP) is 5.20. The highest BCUT2D eigenvalue weighted by atomic mass is 16.5. The van der Waals surface area contributed by atoms with Gasteiger partial charge in [0.05, 0.1) is 7.11 Å². The fraction of sp³-hybridized carbons (Fsp3) is 0.652. The molecule has 27 heavy (non-hydrogen) atoms. The lowest BCUT2D eigenvalue weighted by atomic mass is 9.76. The van der Waals surface area contributed by atoms with Gasteiger partial charge in [-0.05, 0) is 65.7 Å². The second-order valence-corrected chi connectivity index (χ2v) is 8.06. The Labute approximate surface area is 164 Å². The molecule has 0 aromatic rings. The Morgan fingerprint density at radius 1 is 0.926 bits per heavy atom. The summed E-state index contributed by atoms with van der Waals surface area (Å²) in [4.78, 5) is 0. The largest absolute Gasteiger partial charge is 0.506 e. The van der Waals surface area contributed by atoms with Crippen LogP contribution in [0.1, 0.15) is 66.7 Å². The van der Waals surface area contributed by atoms with Crippen LogP contribution in [0.4, 0.5) is 0 Å². The molecule has 0 aliphatic heterocycles. The van der Waals surface area contributed by atoms with Gasteiger partial charge < -0.3 is 20.1 Å². The van der Waals surface area contributed by atoms with E-state index < -0.39 is 12.2 Å². The van der Waals surface area contributed by atoms with Gasteiger partial charge in [0.15, 0.2) is 11.5 Å². The van der Waals surface area contributed by atoms with Crippen molar-refractivity contribution in [2.75, 3.05) is 7.11 Å². The first-order valence-electron chi connectivity index (χ1n) is 9.96. The smallest absolute Gasteiger partial charge is 0.164 e. The highest BCUT2D eigenvalue weighted by Crippen LogP contribution is 2.36. The Balaban J connectivity index is 2.56.